The van der Waals surface area contributed by atoms with Crippen molar-refractivity contribution in [3.05, 3.63) is 59.7 Å². The molecule has 2 aromatic rings. The van der Waals surface area contributed by atoms with Crippen molar-refractivity contribution >= 4 is 0 Å². The highest BCUT2D eigenvalue weighted by molar-refractivity contribution is 5.43. The van der Waals surface area contributed by atoms with Gasteiger partial charge in [-0.25, -0.2) is 0 Å². The minimum atomic E-state index is 0.206. The van der Waals surface area contributed by atoms with Gasteiger partial charge in [-0.1, -0.05) is 62.6 Å². The molecule has 3 nitrogen and oxygen atoms in total. The molecular formula is C22H31NO2. The van der Waals surface area contributed by atoms with Crippen molar-refractivity contribution in [3.63, 3.8) is 0 Å². The van der Waals surface area contributed by atoms with E-state index in [0.717, 1.165) is 30.8 Å². The molecule has 0 aromatic heterocycles. The molecule has 0 aliphatic rings. The zero-order valence-corrected chi connectivity index (χ0v) is 15.5. The van der Waals surface area contributed by atoms with Crippen LogP contribution in [0.2, 0.25) is 0 Å². The van der Waals surface area contributed by atoms with Crippen molar-refractivity contribution in [1.82, 2.24) is 0 Å². The van der Waals surface area contributed by atoms with E-state index in [1.807, 2.05) is 12.1 Å². The van der Waals surface area contributed by atoms with Crippen molar-refractivity contribution < 1.29 is 9.47 Å². The number of methoxy groups -OCH3 is 1. The number of unbranched alkanes of at least 4 members (excludes halogenated alkanes) is 2. The summed E-state index contributed by atoms with van der Waals surface area (Å²) in [6.45, 7) is 2.85. The Morgan fingerprint density at radius 1 is 0.960 bits per heavy atom. The summed E-state index contributed by atoms with van der Waals surface area (Å²) in [5.74, 6) is 1.58. The molecule has 2 N–H and O–H groups in total. The molecule has 2 aromatic carbocycles. The number of rotatable bonds is 11. The Labute approximate surface area is 152 Å². The van der Waals surface area contributed by atoms with Gasteiger partial charge in [0, 0.05) is 12.5 Å². The van der Waals surface area contributed by atoms with Gasteiger partial charge in [0.1, 0.15) is 0 Å². The van der Waals surface area contributed by atoms with E-state index < -0.39 is 0 Å². The Hall–Kier alpha value is -2.00. The molecule has 0 heterocycles. The molecule has 0 aliphatic carbocycles. The second kappa shape index (κ2) is 10.8. The smallest absolute Gasteiger partial charge is 0.161 e. The van der Waals surface area contributed by atoms with Crippen LogP contribution in [0.15, 0.2) is 48.5 Å². The molecule has 136 valence electrons. The lowest BCUT2D eigenvalue weighted by atomic mass is 10.0. The van der Waals surface area contributed by atoms with Crippen LogP contribution in [0.4, 0.5) is 0 Å². The molecule has 25 heavy (non-hydrogen) atoms. The molecule has 0 fully saturated rings. The van der Waals surface area contributed by atoms with Crippen molar-refractivity contribution in [3.8, 4) is 11.5 Å². The largest absolute Gasteiger partial charge is 0.493 e. The standard InChI is InChI=1S/C22H31NO2/c1-3-4-6-11-20(23)16-19-12-13-21(24-2)22(17-19)25-15-14-18-9-7-5-8-10-18/h5,7-10,12-13,17,20H,3-4,6,11,14-16,23H2,1-2H3/t20-/m0/s1. The summed E-state index contributed by atoms with van der Waals surface area (Å²) in [5.41, 5.74) is 8.75. The van der Waals surface area contributed by atoms with Crippen molar-refractivity contribution in [2.24, 2.45) is 5.73 Å². The van der Waals surface area contributed by atoms with Crippen LogP contribution in [-0.4, -0.2) is 19.8 Å². The summed E-state index contributed by atoms with van der Waals surface area (Å²) in [4.78, 5) is 0. The number of ether oxygens (including phenoxy) is 2. The molecule has 0 amide bonds. The van der Waals surface area contributed by atoms with E-state index in [0.29, 0.717) is 6.61 Å². The fraction of sp³-hybridized carbons (Fsp3) is 0.455. The van der Waals surface area contributed by atoms with E-state index in [1.165, 1.54) is 30.4 Å². The molecule has 0 unspecified atom stereocenters. The zero-order chi connectivity index (χ0) is 17.9. The van der Waals surface area contributed by atoms with E-state index in [4.69, 9.17) is 15.2 Å². The summed E-state index contributed by atoms with van der Waals surface area (Å²) in [5, 5.41) is 0. The van der Waals surface area contributed by atoms with Gasteiger partial charge in [-0.15, -0.1) is 0 Å². The highest BCUT2D eigenvalue weighted by atomic mass is 16.5. The summed E-state index contributed by atoms with van der Waals surface area (Å²) in [7, 11) is 1.68. The normalized spacial score (nSPS) is 12.0. The minimum absolute atomic E-state index is 0.206. The summed E-state index contributed by atoms with van der Waals surface area (Å²) >= 11 is 0. The lowest BCUT2D eigenvalue weighted by Gasteiger charge is -2.15. The lowest BCUT2D eigenvalue weighted by molar-refractivity contribution is 0.297. The lowest BCUT2D eigenvalue weighted by Crippen LogP contribution is -2.22. The molecule has 0 radical (unpaired) electrons. The highest BCUT2D eigenvalue weighted by Gasteiger charge is 2.09. The molecule has 0 saturated carbocycles. The highest BCUT2D eigenvalue weighted by Crippen LogP contribution is 2.29. The first kappa shape index (κ1) is 19.3. The van der Waals surface area contributed by atoms with Crippen molar-refractivity contribution in [1.29, 1.82) is 0 Å². The fourth-order valence-electron chi connectivity index (χ4n) is 2.95. The van der Waals surface area contributed by atoms with Crippen molar-refractivity contribution in [2.45, 2.75) is 51.5 Å². The van der Waals surface area contributed by atoms with Crippen LogP contribution >= 0.6 is 0 Å². The Morgan fingerprint density at radius 2 is 1.76 bits per heavy atom. The van der Waals surface area contributed by atoms with Gasteiger partial charge in [-0.2, -0.15) is 0 Å². The van der Waals surface area contributed by atoms with Gasteiger partial charge < -0.3 is 15.2 Å². The first-order valence-corrected chi connectivity index (χ1v) is 9.32. The first-order valence-electron chi connectivity index (χ1n) is 9.32. The monoisotopic (exact) mass is 341 g/mol. The Kier molecular flexibility index (Phi) is 8.33. The third-order valence-electron chi connectivity index (χ3n) is 4.40. The van der Waals surface area contributed by atoms with Crippen LogP contribution in [0.25, 0.3) is 0 Å². The molecule has 1 atom stereocenters. The molecule has 0 bridgehead atoms. The second-order valence-corrected chi connectivity index (χ2v) is 6.53. The number of hydrogen-bond acceptors (Lipinski definition) is 3. The maximum absolute atomic E-state index is 6.27. The maximum Gasteiger partial charge on any atom is 0.161 e. The maximum atomic E-state index is 6.27. The summed E-state index contributed by atoms with van der Waals surface area (Å²) in [6, 6.07) is 16.7. The topological polar surface area (TPSA) is 44.5 Å². The van der Waals surface area contributed by atoms with Gasteiger partial charge in [0.25, 0.3) is 0 Å². The molecule has 0 aliphatic heterocycles. The van der Waals surface area contributed by atoms with Crippen LogP contribution in [0.3, 0.4) is 0 Å². The minimum Gasteiger partial charge on any atom is -0.493 e. The summed E-state index contributed by atoms with van der Waals surface area (Å²) in [6.07, 6.45) is 6.52. The average Bonchev–Trinajstić information content (AvgIpc) is 2.63. The number of benzene rings is 2. The quantitative estimate of drug-likeness (QED) is 0.599. The second-order valence-electron chi connectivity index (χ2n) is 6.53. The van der Waals surface area contributed by atoms with Crippen molar-refractivity contribution in [2.75, 3.05) is 13.7 Å². The van der Waals surface area contributed by atoms with Gasteiger partial charge in [-0.3, -0.25) is 0 Å². The van der Waals surface area contributed by atoms with Crippen LogP contribution < -0.4 is 15.2 Å². The van der Waals surface area contributed by atoms with Gasteiger partial charge in [0.2, 0.25) is 0 Å². The molecule has 0 spiro atoms. The average molecular weight is 341 g/mol. The molecule has 3 heteroatoms. The van der Waals surface area contributed by atoms with Crippen LogP contribution in [0, 0.1) is 0 Å². The van der Waals surface area contributed by atoms with Crippen LogP contribution in [0.1, 0.15) is 43.7 Å². The first-order chi connectivity index (χ1) is 12.2. The molecule has 2 rings (SSSR count). The SMILES string of the molecule is CCCCC[C@H](N)Cc1ccc(OC)c(OCCc2ccccc2)c1. The van der Waals surface area contributed by atoms with E-state index in [1.54, 1.807) is 7.11 Å². The van der Waals surface area contributed by atoms with Gasteiger partial charge in [0.15, 0.2) is 11.5 Å². The Morgan fingerprint density at radius 3 is 2.48 bits per heavy atom. The van der Waals surface area contributed by atoms with E-state index in [9.17, 15) is 0 Å². The Balaban J connectivity index is 1.91. The van der Waals surface area contributed by atoms with E-state index in [2.05, 4.69) is 43.3 Å². The predicted molar refractivity (Wildman–Crippen MR) is 104 cm³/mol. The zero-order valence-electron chi connectivity index (χ0n) is 15.5. The molecule has 0 saturated heterocycles. The van der Waals surface area contributed by atoms with Gasteiger partial charge >= 0.3 is 0 Å². The van der Waals surface area contributed by atoms with Crippen LogP contribution in [-0.2, 0) is 12.8 Å². The molecular weight excluding hydrogens is 310 g/mol. The summed E-state index contributed by atoms with van der Waals surface area (Å²) < 4.78 is 11.4. The number of hydrogen-bond donors (Lipinski definition) is 1. The number of nitrogens with two attached hydrogens (primary N) is 1. The predicted octanol–water partition coefficient (Wildman–Crippen LogP) is 4.77. The van der Waals surface area contributed by atoms with Gasteiger partial charge in [-0.05, 0) is 36.1 Å². The third-order valence-corrected chi connectivity index (χ3v) is 4.40. The van der Waals surface area contributed by atoms with Crippen LogP contribution in [0.5, 0.6) is 11.5 Å². The fourth-order valence-corrected chi connectivity index (χ4v) is 2.95. The Bertz CT molecular complexity index is 613. The van der Waals surface area contributed by atoms with E-state index >= 15 is 0 Å². The van der Waals surface area contributed by atoms with E-state index in [-0.39, 0.29) is 6.04 Å². The third kappa shape index (κ3) is 6.79. The van der Waals surface area contributed by atoms with Gasteiger partial charge in [0.05, 0.1) is 13.7 Å².